The second-order valence-electron chi connectivity index (χ2n) is 8.33. The highest BCUT2D eigenvalue weighted by molar-refractivity contribution is 6.43. The summed E-state index contributed by atoms with van der Waals surface area (Å²) < 4.78 is 11.8. The van der Waals surface area contributed by atoms with Crippen molar-refractivity contribution in [2.24, 2.45) is 0 Å². The molecule has 0 spiro atoms. The predicted molar refractivity (Wildman–Crippen MR) is 145 cm³/mol. The summed E-state index contributed by atoms with van der Waals surface area (Å²) in [6.07, 6.45) is 3.95. The lowest BCUT2D eigenvalue weighted by Crippen LogP contribution is -2.09. The molecule has 0 saturated heterocycles. The summed E-state index contributed by atoms with van der Waals surface area (Å²) in [6, 6.07) is 20.6. The summed E-state index contributed by atoms with van der Waals surface area (Å²) in [5.74, 6) is 1.29. The molecule has 5 aromatic rings. The summed E-state index contributed by atoms with van der Waals surface area (Å²) >= 11 is 12.4. The van der Waals surface area contributed by atoms with Crippen LogP contribution in [0.2, 0.25) is 10.0 Å². The van der Waals surface area contributed by atoms with Crippen LogP contribution in [0.15, 0.2) is 81.6 Å². The number of rotatable bonds is 6. The van der Waals surface area contributed by atoms with E-state index in [-0.39, 0.29) is 5.91 Å². The third-order valence-electron chi connectivity index (χ3n) is 5.85. The van der Waals surface area contributed by atoms with Crippen LogP contribution in [0.1, 0.15) is 23.8 Å². The fourth-order valence-electron chi connectivity index (χ4n) is 3.82. The van der Waals surface area contributed by atoms with Gasteiger partial charge in [-0.1, -0.05) is 48.3 Å². The average molecular weight is 517 g/mol. The molecule has 1 amide bonds. The van der Waals surface area contributed by atoms with E-state index < -0.39 is 0 Å². The van der Waals surface area contributed by atoms with Gasteiger partial charge in [0.2, 0.25) is 11.8 Å². The number of carbonyl (C=O) groups is 1. The van der Waals surface area contributed by atoms with Crippen LogP contribution in [0.5, 0.6) is 0 Å². The number of furan rings is 1. The molecule has 2 aromatic heterocycles. The fraction of sp³-hybridized carbons (Fsp3) is 0.103. The maximum Gasteiger partial charge on any atom is 0.248 e. The molecule has 2 heterocycles. The minimum atomic E-state index is -0.292. The van der Waals surface area contributed by atoms with Crippen LogP contribution in [-0.4, -0.2) is 10.9 Å². The number of benzene rings is 3. The van der Waals surface area contributed by atoms with Gasteiger partial charge in [0.1, 0.15) is 17.0 Å². The van der Waals surface area contributed by atoms with Gasteiger partial charge in [-0.2, -0.15) is 0 Å². The van der Waals surface area contributed by atoms with E-state index in [0.29, 0.717) is 38.7 Å². The summed E-state index contributed by atoms with van der Waals surface area (Å²) in [5.41, 5.74) is 5.80. The molecule has 3 aromatic carbocycles. The van der Waals surface area contributed by atoms with Crippen LogP contribution in [0, 0.1) is 6.92 Å². The highest BCUT2D eigenvalue weighted by Gasteiger charge is 2.13. The predicted octanol–water partition coefficient (Wildman–Crippen LogP) is 8.58. The number of amides is 1. The van der Waals surface area contributed by atoms with Crippen LogP contribution in [0.3, 0.4) is 0 Å². The Balaban J connectivity index is 1.32. The van der Waals surface area contributed by atoms with Crippen molar-refractivity contribution in [1.29, 1.82) is 0 Å². The smallest absolute Gasteiger partial charge is 0.248 e. The molecule has 0 aliphatic heterocycles. The number of anilines is 1. The molecule has 1 N–H and O–H groups in total. The van der Waals surface area contributed by atoms with Gasteiger partial charge in [0, 0.05) is 22.9 Å². The number of aromatic nitrogens is 1. The van der Waals surface area contributed by atoms with Crippen LogP contribution in [-0.2, 0) is 11.2 Å². The molecule has 0 aliphatic carbocycles. The number of aryl methyl sites for hydroxylation is 2. The van der Waals surface area contributed by atoms with E-state index in [0.717, 1.165) is 28.6 Å². The van der Waals surface area contributed by atoms with Gasteiger partial charge in [-0.15, -0.1) is 0 Å². The minimum Gasteiger partial charge on any atom is -0.457 e. The van der Waals surface area contributed by atoms with Gasteiger partial charge in [-0.05, 0) is 79.1 Å². The third-order valence-corrected chi connectivity index (χ3v) is 6.66. The van der Waals surface area contributed by atoms with Gasteiger partial charge in [0.15, 0.2) is 5.58 Å². The number of hydrogen-bond acceptors (Lipinski definition) is 4. The number of nitrogens with one attached hydrogen (secondary N) is 1. The minimum absolute atomic E-state index is 0.292. The summed E-state index contributed by atoms with van der Waals surface area (Å²) in [5, 5.41) is 3.79. The lowest BCUT2D eigenvalue weighted by molar-refractivity contribution is -0.111. The molecule has 0 radical (unpaired) electrons. The van der Waals surface area contributed by atoms with Crippen LogP contribution in [0.25, 0.3) is 40.0 Å². The number of nitrogens with zero attached hydrogens (tertiary/aromatic N) is 1. The Bertz CT molecular complexity index is 1610. The zero-order chi connectivity index (χ0) is 25.2. The first-order valence-corrected chi connectivity index (χ1v) is 12.2. The van der Waals surface area contributed by atoms with Crippen molar-refractivity contribution >= 4 is 52.0 Å². The van der Waals surface area contributed by atoms with Crippen molar-refractivity contribution in [3.8, 4) is 22.8 Å². The molecule has 7 heteroatoms. The maximum absolute atomic E-state index is 12.7. The highest BCUT2D eigenvalue weighted by Crippen LogP contribution is 2.34. The molecule has 0 aliphatic rings. The second kappa shape index (κ2) is 10.1. The first kappa shape index (κ1) is 23.9. The molecule has 36 heavy (non-hydrogen) atoms. The van der Waals surface area contributed by atoms with E-state index in [1.807, 2.05) is 49.4 Å². The Morgan fingerprint density at radius 2 is 1.89 bits per heavy atom. The largest absolute Gasteiger partial charge is 0.457 e. The molecule has 0 fully saturated rings. The molecule has 5 rings (SSSR count). The van der Waals surface area contributed by atoms with E-state index in [1.165, 1.54) is 11.6 Å². The quantitative estimate of drug-likeness (QED) is 0.229. The molecule has 0 saturated carbocycles. The summed E-state index contributed by atoms with van der Waals surface area (Å²) in [7, 11) is 0. The van der Waals surface area contributed by atoms with Crippen molar-refractivity contribution in [1.82, 2.24) is 4.98 Å². The number of hydrogen-bond donors (Lipinski definition) is 1. The zero-order valence-corrected chi connectivity index (χ0v) is 21.2. The van der Waals surface area contributed by atoms with Crippen molar-refractivity contribution in [3.05, 3.63) is 99.7 Å². The zero-order valence-electron chi connectivity index (χ0n) is 19.6. The van der Waals surface area contributed by atoms with Crippen molar-refractivity contribution in [3.63, 3.8) is 0 Å². The molecule has 5 nitrogen and oxygen atoms in total. The van der Waals surface area contributed by atoms with Crippen molar-refractivity contribution in [2.75, 3.05) is 5.32 Å². The van der Waals surface area contributed by atoms with Crippen LogP contribution in [0.4, 0.5) is 5.69 Å². The van der Waals surface area contributed by atoms with E-state index in [9.17, 15) is 4.79 Å². The first-order chi connectivity index (χ1) is 17.4. The maximum atomic E-state index is 12.7. The third kappa shape index (κ3) is 4.94. The van der Waals surface area contributed by atoms with Crippen LogP contribution >= 0.6 is 23.2 Å². The topological polar surface area (TPSA) is 68.3 Å². The lowest BCUT2D eigenvalue weighted by atomic mass is 10.1. The van der Waals surface area contributed by atoms with Crippen molar-refractivity contribution < 1.29 is 13.6 Å². The number of halogens is 2. The Kier molecular flexibility index (Phi) is 6.68. The van der Waals surface area contributed by atoms with Gasteiger partial charge in [-0.25, -0.2) is 4.98 Å². The number of carbonyl (C=O) groups excluding carboxylic acids is 1. The Hall–Kier alpha value is -3.80. The van der Waals surface area contributed by atoms with E-state index >= 15 is 0 Å². The van der Waals surface area contributed by atoms with Gasteiger partial charge < -0.3 is 14.2 Å². The number of oxazole rings is 1. The average Bonchev–Trinajstić information content (AvgIpc) is 3.52. The molecule has 0 unspecified atom stereocenters. The Morgan fingerprint density at radius 3 is 2.72 bits per heavy atom. The lowest BCUT2D eigenvalue weighted by Gasteiger charge is -2.08. The normalized spacial score (nSPS) is 11.4. The Morgan fingerprint density at radius 1 is 1.03 bits per heavy atom. The second-order valence-corrected chi connectivity index (χ2v) is 9.12. The highest BCUT2D eigenvalue weighted by atomic mass is 35.5. The number of fused-ring (bicyclic) bond motifs is 1. The SMILES string of the molecule is CCc1ccc2oc(-c3ccc(C)c(NC(=O)C=Cc4ccc(-c5cccc(Cl)c5Cl)o4)c3)nc2c1. The molecular formula is C29H22Cl2N2O3. The molecule has 0 atom stereocenters. The standard InChI is InChI=1S/C29H22Cl2N2O3/c1-3-18-8-12-26-24(15-18)33-29(36-26)19-9-7-17(2)23(16-19)32-27(34)14-11-20-10-13-25(35-20)21-5-4-6-22(30)28(21)31/h4-16H,3H2,1-2H3,(H,32,34). The van der Waals surface area contributed by atoms with Gasteiger partial charge >= 0.3 is 0 Å². The first-order valence-electron chi connectivity index (χ1n) is 11.4. The van der Waals surface area contributed by atoms with Gasteiger partial charge in [0.05, 0.1) is 10.0 Å². The molecule has 0 bridgehead atoms. The van der Waals surface area contributed by atoms with E-state index in [4.69, 9.17) is 32.0 Å². The summed E-state index contributed by atoms with van der Waals surface area (Å²) in [4.78, 5) is 17.3. The Labute approximate surface area is 218 Å². The van der Waals surface area contributed by atoms with Crippen LogP contribution < -0.4 is 5.32 Å². The molecule has 180 valence electrons. The van der Waals surface area contributed by atoms with E-state index in [2.05, 4.69) is 17.2 Å². The van der Waals surface area contributed by atoms with Gasteiger partial charge in [-0.3, -0.25) is 4.79 Å². The monoisotopic (exact) mass is 516 g/mol. The fourth-order valence-corrected chi connectivity index (χ4v) is 4.21. The van der Waals surface area contributed by atoms with Crippen molar-refractivity contribution in [2.45, 2.75) is 20.3 Å². The summed E-state index contributed by atoms with van der Waals surface area (Å²) in [6.45, 7) is 4.03. The van der Waals surface area contributed by atoms with E-state index in [1.54, 1.807) is 30.3 Å². The molecular weight excluding hydrogens is 495 g/mol. The van der Waals surface area contributed by atoms with Gasteiger partial charge in [0.25, 0.3) is 0 Å².